The summed E-state index contributed by atoms with van der Waals surface area (Å²) in [6.45, 7) is -0.574. The van der Waals surface area contributed by atoms with E-state index in [-0.39, 0.29) is 11.3 Å². The first-order valence-electron chi connectivity index (χ1n) is 9.31. The first-order chi connectivity index (χ1) is 15.2. The number of carbonyl (C=O) groups is 1. The minimum atomic E-state index is -4.78. The zero-order valence-corrected chi connectivity index (χ0v) is 16.3. The minimum Gasteiger partial charge on any atom is -0.453 e. The van der Waals surface area contributed by atoms with Crippen LogP contribution in [0.5, 0.6) is 5.75 Å². The van der Waals surface area contributed by atoms with E-state index in [4.69, 9.17) is 15.2 Å². The number of hydrogen-bond acceptors (Lipinski definition) is 6. The van der Waals surface area contributed by atoms with Crippen LogP contribution in [0.25, 0.3) is 0 Å². The summed E-state index contributed by atoms with van der Waals surface area (Å²) in [7, 11) is 0. The van der Waals surface area contributed by atoms with Crippen molar-refractivity contribution in [1.82, 2.24) is 10.2 Å². The van der Waals surface area contributed by atoms with Crippen molar-refractivity contribution in [2.45, 2.75) is 18.1 Å². The lowest BCUT2D eigenvalue weighted by atomic mass is 10.1. The molecule has 0 radical (unpaired) electrons. The molecule has 1 aliphatic rings. The van der Waals surface area contributed by atoms with E-state index in [1.54, 1.807) is 0 Å². The van der Waals surface area contributed by atoms with Gasteiger partial charge >= 0.3 is 6.18 Å². The Kier molecular flexibility index (Phi) is 5.43. The molecule has 166 valence electrons. The van der Waals surface area contributed by atoms with Gasteiger partial charge in [0.1, 0.15) is 6.61 Å². The average Bonchev–Trinajstić information content (AvgIpc) is 3.16. The Bertz CT molecular complexity index is 1130. The summed E-state index contributed by atoms with van der Waals surface area (Å²) in [5.74, 6) is -2.37. The predicted molar refractivity (Wildman–Crippen MR) is 104 cm³/mol. The number of ether oxygens (including phenoxy) is 2. The van der Waals surface area contributed by atoms with Gasteiger partial charge in [-0.3, -0.25) is 9.69 Å². The summed E-state index contributed by atoms with van der Waals surface area (Å²) in [4.78, 5) is 13.7. The largest absolute Gasteiger partial charge is 0.453 e. The van der Waals surface area contributed by atoms with E-state index in [1.807, 2.05) is 0 Å². The molecular formula is C21H16F4N4O3. The highest BCUT2D eigenvalue weighted by molar-refractivity contribution is 5.89. The van der Waals surface area contributed by atoms with Crippen LogP contribution in [0.3, 0.4) is 0 Å². The van der Waals surface area contributed by atoms with E-state index in [2.05, 4.69) is 10.2 Å². The van der Waals surface area contributed by atoms with Gasteiger partial charge in [0.05, 0.1) is 23.6 Å². The zero-order chi connectivity index (χ0) is 22.9. The molecule has 0 aliphatic carbocycles. The first-order valence-corrected chi connectivity index (χ1v) is 9.31. The molecule has 11 heteroatoms. The highest BCUT2D eigenvalue weighted by Gasteiger charge is 2.57. The maximum absolute atomic E-state index is 14.4. The molecule has 1 saturated heterocycles. The predicted octanol–water partition coefficient (Wildman–Crippen LogP) is 3.43. The number of aromatic nitrogens is 2. The highest BCUT2D eigenvalue weighted by Crippen LogP contribution is 2.47. The van der Waals surface area contributed by atoms with Crippen molar-refractivity contribution in [3.8, 4) is 5.75 Å². The van der Waals surface area contributed by atoms with Crippen molar-refractivity contribution in [3.63, 3.8) is 0 Å². The van der Waals surface area contributed by atoms with Crippen molar-refractivity contribution >= 4 is 11.6 Å². The fourth-order valence-corrected chi connectivity index (χ4v) is 3.49. The zero-order valence-electron chi connectivity index (χ0n) is 16.3. The fraction of sp³-hybridized carbons (Fsp3) is 0.190. The molecule has 2 heterocycles. The number of para-hydroxylation sites is 2. The first kappa shape index (κ1) is 21.5. The van der Waals surface area contributed by atoms with E-state index >= 15 is 0 Å². The lowest BCUT2D eigenvalue weighted by Crippen LogP contribution is -2.61. The smallest absolute Gasteiger partial charge is 0.418 e. The number of benzene rings is 2. The topological polar surface area (TPSA) is 90.6 Å². The Morgan fingerprint density at radius 3 is 2.50 bits per heavy atom. The van der Waals surface area contributed by atoms with Gasteiger partial charge in [-0.25, -0.2) is 4.39 Å². The van der Waals surface area contributed by atoms with Crippen LogP contribution in [0.2, 0.25) is 0 Å². The number of amides is 1. The van der Waals surface area contributed by atoms with Crippen LogP contribution in [0.4, 0.5) is 23.2 Å². The summed E-state index contributed by atoms with van der Waals surface area (Å²) in [5.41, 5.74) is 2.14. The molecule has 2 unspecified atom stereocenters. The third-order valence-electron chi connectivity index (χ3n) is 4.92. The second-order valence-electron chi connectivity index (χ2n) is 6.91. The maximum Gasteiger partial charge on any atom is 0.418 e. The molecule has 1 amide bonds. The number of primary amides is 1. The molecule has 1 aliphatic heterocycles. The lowest BCUT2D eigenvalue weighted by Gasteiger charge is -2.39. The average molecular weight is 448 g/mol. The molecular weight excluding hydrogens is 432 g/mol. The lowest BCUT2D eigenvalue weighted by molar-refractivity contribution is -0.138. The molecule has 0 bridgehead atoms. The number of hydrogen-bond donors (Lipinski definition) is 1. The SMILES string of the molecule is NC(=O)C1(Oc2ccccc2F)COC(c2ccnnc2)N1c1ccccc1C(F)(F)F. The maximum atomic E-state index is 14.4. The molecule has 2 N–H and O–H groups in total. The number of rotatable bonds is 5. The second kappa shape index (κ2) is 8.08. The number of alkyl halides is 3. The number of carbonyl (C=O) groups excluding carboxylic acids is 1. The van der Waals surface area contributed by atoms with Crippen LogP contribution in [0.1, 0.15) is 17.4 Å². The van der Waals surface area contributed by atoms with Gasteiger partial charge in [-0.2, -0.15) is 23.4 Å². The Hall–Kier alpha value is -3.73. The number of nitrogens with two attached hydrogens (primary N) is 1. The second-order valence-corrected chi connectivity index (χ2v) is 6.91. The number of anilines is 1. The molecule has 2 atom stereocenters. The van der Waals surface area contributed by atoms with Gasteiger partial charge in [-0.05, 0) is 30.3 Å². The third kappa shape index (κ3) is 3.71. The summed E-state index contributed by atoms with van der Waals surface area (Å²) in [5, 5.41) is 7.37. The van der Waals surface area contributed by atoms with E-state index in [1.165, 1.54) is 48.8 Å². The highest BCUT2D eigenvalue weighted by atomic mass is 19.4. The fourth-order valence-electron chi connectivity index (χ4n) is 3.49. The normalized spacial score (nSPS) is 20.9. The monoisotopic (exact) mass is 448 g/mol. The quantitative estimate of drug-likeness (QED) is 0.602. The van der Waals surface area contributed by atoms with Crippen LogP contribution in [-0.4, -0.2) is 28.4 Å². The number of nitrogens with zero attached hydrogens (tertiary/aromatic N) is 3. The van der Waals surface area contributed by atoms with Crippen LogP contribution >= 0.6 is 0 Å². The molecule has 7 nitrogen and oxygen atoms in total. The molecule has 2 aromatic carbocycles. The molecule has 3 aromatic rings. The van der Waals surface area contributed by atoms with Crippen LogP contribution in [0, 0.1) is 5.82 Å². The summed E-state index contributed by atoms with van der Waals surface area (Å²) in [6.07, 6.45) is -3.45. The van der Waals surface area contributed by atoms with Gasteiger partial charge in [0, 0.05) is 5.56 Å². The molecule has 0 saturated carbocycles. The Balaban J connectivity index is 1.93. The van der Waals surface area contributed by atoms with Crippen molar-refractivity contribution < 1.29 is 31.8 Å². The minimum absolute atomic E-state index is 0.289. The van der Waals surface area contributed by atoms with E-state index in [0.717, 1.165) is 23.1 Å². The molecule has 0 spiro atoms. The molecule has 4 rings (SSSR count). The van der Waals surface area contributed by atoms with Gasteiger partial charge < -0.3 is 15.2 Å². The number of halogens is 4. The van der Waals surface area contributed by atoms with Gasteiger partial charge in [-0.1, -0.05) is 24.3 Å². The van der Waals surface area contributed by atoms with Crippen LogP contribution in [0.15, 0.2) is 67.0 Å². The van der Waals surface area contributed by atoms with E-state index < -0.39 is 47.7 Å². The van der Waals surface area contributed by atoms with Crippen LogP contribution < -0.4 is 15.4 Å². The molecule has 1 aromatic heterocycles. The molecule has 32 heavy (non-hydrogen) atoms. The van der Waals surface area contributed by atoms with Crippen molar-refractivity contribution in [3.05, 3.63) is 83.9 Å². The Morgan fingerprint density at radius 1 is 1.12 bits per heavy atom. The van der Waals surface area contributed by atoms with Crippen molar-refractivity contribution in [1.29, 1.82) is 0 Å². The summed E-state index contributed by atoms with van der Waals surface area (Å²) < 4.78 is 67.4. The van der Waals surface area contributed by atoms with Gasteiger partial charge in [-0.15, -0.1) is 0 Å². The van der Waals surface area contributed by atoms with Crippen LogP contribution in [-0.2, 0) is 15.7 Å². The van der Waals surface area contributed by atoms with Gasteiger partial charge in [0.2, 0.25) is 0 Å². The summed E-state index contributed by atoms with van der Waals surface area (Å²) >= 11 is 0. The summed E-state index contributed by atoms with van der Waals surface area (Å²) in [6, 6.07) is 11.2. The standard InChI is InChI=1S/C21H16F4N4O3/c22-15-6-2-4-8-17(15)32-20(19(26)30)12-31-18(13-9-10-27-28-11-13)29(20)16-7-3-1-5-14(16)21(23,24)25/h1-11,18H,12H2,(H2,26,30). The Labute approximate surface area is 179 Å². The van der Waals surface area contributed by atoms with Crippen molar-refractivity contribution in [2.24, 2.45) is 5.73 Å². The molecule has 1 fully saturated rings. The van der Waals surface area contributed by atoms with Crippen molar-refractivity contribution in [2.75, 3.05) is 11.5 Å². The van der Waals surface area contributed by atoms with E-state index in [0.29, 0.717) is 0 Å². The van der Waals surface area contributed by atoms with Gasteiger partial charge in [0.25, 0.3) is 11.6 Å². The Morgan fingerprint density at radius 2 is 1.84 bits per heavy atom. The third-order valence-corrected chi connectivity index (χ3v) is 4.92. The van der Waals surface area contributed by atoms with Gasteiger partial charge in [0.15, 0.2) is 17.8 Å². The van der Waals surface area contributed by atoms with E-state index in [9.17, 15) is 22.4 Å².